The van der Waals surface area contributed by atoms with Crippen molar-refractivity contribution in [1.29, 1.82) is 0 Å². The lowest BCUT2D eigenvalue weighted by molar-refractivity contribution is 0.0260. The third-order valence-corrected chi connectivity index (χ3v) is 4.23. The van der Waals surface area contributed by atoms with Crippen LogP contribution >= 0.6 is 11.6 Å². The van der Waals surface area contributed by atoms with Gasteiger partial charge in [-0.15, -0.1) is 0 Å². The van der Waals surface area contributed by atoms with E-state index >= 15 is 0 Å². The van der Waals surface area contributed by atoms with Gasteiger partial charge in [0, 0.05) is 49.2 Å². The second kappa shape index (κ2) is 4.97. The first-order valence-corrected chi connectivity index (χ1v) is 7.36. The zero-order chi connectivity index (χ0) is 13.5. The second-order valence-corrected chi connectivity index (χ2v) is 6.49. The highest BCUT2D eigenvalue weighted by atomic mass is 35.5. The summed E-state index contributed by atoms with van der Waals surface area (Å²) in [5.74, 6) is 0.990. The lowest BCUT2D eigenvalue weighted by Gasteiger charge is -2.44. The highest BCUT2D eigenvalue weighted by molar-refractivity contribution is 6.30. The minimum Gasteiger partial charge on any atom is -0.487 e. The maximum atomic E-state index is 6.17. The number of nitrogens with zero attached hydrogens (tertiary/aromatic N) is 1. The van der Waals surface area contributed by atoms with E-state index in [1.165, 1.54) is 5.56 Å². The Morgan fingerprint density at radius 1 is 1.32 bits per heavy atom. The number of hydrogen-bond acceptors (Lipinski definition) is 3. The molecule has 3 nitrogen and oxygen atoms in total. The molecular weight excluding hydrogens is 260 g/mol. The van der Waals surface area contributed by atoms with Gasteiger partial charge in [0.1, 0.15) is 11.4 Å². The van der Waals surface area contributed by atoms with Crippen molar-refractivity contribution in [2.45, 2.75) is 31.9 Å². The van der Waals surface area contributed by atoms with Crippen molar-refractivity contribution in [3.8, 4) is 5.75 Å². The molecule has 1 aromatic rings. The van der Waals surface area contributed by atoms with E-state index in [1.807, 2.05) is 12.1 Å². The van der Waals surface area contributed by atoms with Crippen molar-refractivity contribution in [3.05, 3.63) is 28.8 Å². The lowest BCUT2D eigenvalue weighted by Crippen LogP contribution is -2.48. The molecule has 1 saturated heterocycles. The highest BCUT2D eigenvalue weighted by Gasteiger charge is 2.37. The lowest BCUT2D eigenvalue weighted by atomic mass is 9.88. The molecule has 19 heavy (non-hydrogen) atoms. The van der Waals surface area contributed by atoms with Gasteiger partial charge >= 0.3 is 0 Å². The SMILES string of the molecule is CC1(C)CC(N2CCNCC2)c2cc(Cl)ccc2O1. The number of benzene rings is 1. The van der Waals surface area contributed by atoms with Gasteiger partial charge in [-0.05, 0) is 32.0 Å². The number of halogens is 1. The normalized spacial score (nSPS) is 26.6. The molecule has 104 valence electrons. The summed E-state index contributed by atoms with van der Waals surface area (Å²) < 4.78 is 6.09. The van der Waals surface area contributed by atoms with E-state index in [4.69, 9.17) is 16.3 Å². The minimum atomic E-state index is -0.115. The molecule has 1 N–H and O–H groups in total. The summed E-state index contributed by atoms with van der Waals surface area (Å²) in [6, 6.07) is 6.41. The number of fused-ring (bicyclic) bond motifs is 1. The molecule has 0 aliphatic carbocycles. The van der Waals surface area contributed by atoms with Gasteiger partial charge in [-0.25, -0.2) is 0 Å². The van der Waals surface area contributed by atoms with Crippen LogP contribution in [0.1, 0.15) is 31.9 Å². The number of hydrogen-bond donors (Lipinski definition) is 1. The summed E-state index contributed by atoms with van der Waals surface area (Å²) in [4.78, 5) is 2.55. The molecule has 2 aliphatic heterocycles. The van der Waals surface area contributed by atoms with E-state index in [0.717, 1.165) is 43.4 Å². The Morgan fingerprint density at radius 2 is 2.05 bits per heavy atom. The fourth-order valence-corrected chi connectivity index (χ4v) is 3.29. The van der Waals surface area contributed by atoms with Crippen LogP contribution in [0.4, 0.5) is 0 Å². The molecule has 1 aromatic carbocycles. The average Bonchev–Trinajstić information content (AvgIpc) is 2.39. The van der Waals surface area contributed by atoms with Crippen LogP contribution in [0.2, 0.25) is 5.02 Å². The topological polar surface area (TPSA) is 24.5 Å². The summed E-state index contributed by atoms with van der Waals surface area (Å²) >= 11 is 6.17. The van der Waals surface area contributed by atoms with Gasteiger partial charge in [-0.2, -0.15) is 0 Å². The molecule has 1 fully saturated rings. The summed E-state index contributed by atoms with van der Waals surface area (Å²) in [6.07, 6.45) is 1.01. The molecule has 0 spiro atoms. The summed E-state index contributed by atoms with van der Waals surface area (Å²) in [6.45, 7) is 8.64. The fraction of sp³-hybridized carbons (Fsp3) is 0.600. The summed E-state index contributed by atoms with van der Waals surface area (Å²) in [7, 11) is 0. The Kier molecular flexibility index (Phi) is 3.46. The van der Waals surface area contributed by atoms with Crippen molar-refractivity contribution in [3.63, 3.8) is 0 Å². The van der Waals surface area contributed by atoms with Crippen LogP contribution in [0.15, 0.2) is 18.2 Å². The van der Waals surface area contributed by atoms with Crippen LogP contribution in [-0.2, 0) is 0 Å². The largest absolute Gasteiger partial charge is 0.487 e. The molecule has 3 rings (SSSR count). The molecule has 4 heteroatoms. The van der Waals surface area contributed by atoms with Crippen LogP contribution in [0.5, 0.6) is 5.75 Å². The first-order chi connectivity index (χ1) is 9.05. The average molecular weight is 281 g/mol. The molecule has 0 aromatic heterocycles. The van der Waals surface area contributed by atoms with Gasteiger partial charge in [-0.1, -0.05) is 11.6 Å². The number of piperazine rings is 1. The van der Waals surface area contributed by atoms with Gasteiger partial charge in [0.05, 0.1) is 0 Å². The third kappa shape index (κ3) is 2.73. The van der Waals surface area contributed by atoms with E-state index < -0.39 is 0 Å². The van der Waals surface area contributed by atoms with Crippen molar-refractivity contribution >= 4 is 11.6 Å². The number of ether oxygens (including phenoxy) is 1. The zero-order valence-corrected chi connectivity index (χ0v) is 12.3. The van der Waals surface area contributed by atoms with E-state index in [1.54, 1.807) is 0 Å². The highest BCUT2D eigenvalue weighted by Crippen LogP contribution is 2.43. The smallest absolute Gasteiger partial charge is 0.125 e. The molecule has 2 heterocycles. The molecule has 0 radical (unpaired) electrons. The Hall–Kier alpha value is -0.770. The van der Waals surface area contributed by atoms with Crippen molar-refractivity contribution in [2.24, 2.45) is 0 Å². The van der Waals surface area contributed by atoms with E-state index in [2.05, 4.69) is 30.1 Å². The molecule has 0 amide bonds. The van der Waals surface area contributed by atoms with Crippen LogP contribution in [0, 0.1) is 0 Å². The predicted molar refractivity (Wildman–Crippen MR) is 78.0 cm³/mol. The Balaban J connectivity index is 1.96. The Morgan fingerprint density at radius 3 is 2.79 bits per heavy atom. The van der Waals surface area contributed by atoms with E-state index in [-0.39, 0.29) is 5.60 Å². The van der Waals surface area contributed by atoms with Gasteiger partial charge in [-0.3, -0.25) is 4.90 Å². The van der Waals surface area contributed by atoms with Crippen LogP contribution in [0.25, 0.3) is 0 Å². The fourth-order valence-electron chi connectivity index (χ4n) is 3.11. The number of nitrogens with one attached hydrogen (secondary N) is 1. The van der Waals surface area contributed by atoms with Crippen LogP contribution in [-0.4, -0.2) is 36.7 Å². The summed E-state index contributed by atoms with van der Waals surface area (Å²) in [5, 5.41) is 4.20. The van der Waals surface area contributed by atoms with Crippen LogP contribution in [0.3, 0.4) is 0 Å². The first-order valence-electron chi connectivity index (χ1n) is 6.98. The zero-order valence-electron chi connectivity index (χ0n) is 11.6. The van der Waals surface area contributed by atoms with Gasteiger partial charge < -0.3 is 10.1 Å². The molecule has 2 aliphatic rings. The standard InChI is InChI=1S/C15H21ClN2O/c1-15(2)10-13(18-7-5-17-6-8-18)12-9-11(16)3-4-14(12)19-15/h3-4,9,13,17H,5-8,10H2,1-2H3. The summed E-state index contributed by atoms with van der Waals surface area (Å²) in [5.41, 5.74) is 1.13. The predicted octanol–water partition coefficient (Wildman–Crippen LogP) is 2.85. The van der Waals surface area contributed by atoms with Crippen LogP contribution < -0.4 is 10.1 Å². The number of rotatable bonds is 1. The Bertz CT molecular complexity index is 469. The van der Waals surface area contributed by atoms with E-state index in [0.29, 0.717) is 6.04 Å². The minimum absolute atomic E-state index is 0.115. The van der Waals surface area contributed by atoms with Crippen molar-refractivity contribution < 1.29 is 4.74 Å². The van der Waals surface area contributed by atoms with Gasteiger partial charge in [0.2, 0.25) is 0 Å². The third-order valence-electron chi connectivity index (χ3n) is 3.99. The first kappa shape index (κ1) is 13.2. The van der Waals surface area contributed by atoms with E-state index in [9.17, 15) is 0 Å². The van der Waals surface area contributed by atoms with Crippen molar-refractivity contribution in [1.82, 2.24) is 10.2 Å². The molecule has 0 bridgehead atoms. The Labute approximate surface area is 119 Å². The maximum absolute atomic E-state index is 6.17. The molecular formula is C15H21ClN2O. The molecule has 1 atom stereocenters. The van der Waals surface area contributed by atoms with Gasteiger partial charge in [0.25, 0.3) is 0 Å². The second-order valence-electron chi connectivity index (χ2n) is 6.05. The monoisotopic (exact) mass is 280 g/mol. The van der Waals surface area contributed by atoms with Crippen molar-refractivity contribution in [2.75, 3.05) is 26.2 Å². The molecule has 1 unspecified atom stereocenters. The molecule has 0 saturated carbocycles. The quantitative estimate of drug-likeness (QED) is 0.856. The van der Waals surface area contributed by atoms with Gasteiger partial charge in [0.15, 0.2) is 0 Å². The maximum Gasteiger partial charge on any atom is 0.125 e.